The third-order valence-corrected chi connectivity index (χ3v) is 5.63. The molecule has 3 atom stereocenters. The number of amides is 2. The zero-order valence-electron chi connectivity index (χ0n) is 16.8. The van der Waals surface area contributed by atoms with Crippen LogP contribution in [0.5, 0.6) is 0 Å². The number of nitrogens with one attached hydrogen (secondary N) is 1. The van der Waals surface area contributed by atoms with Gasteiger partial charge in [-0.1, -0.05) is 31.2 Å². The van der Waals surface area contributed by atoms with Gasteiger partial charge in [-0.2, -0.15) is 0 Å². The average molecular weight is 422 g/mol. The molecule has 2 aliphatic rings. The predicted molar refractivity (Wildman–Crippen MR) is 114 cm³/mol. The van der Waals surface area contributed by atoms with Gasteiger partial charge in [0.05, 0.1) is 22.8 Å². The Morgan fingerprint density at radius 2 is 1.84 bits per heavy atom. The molecule has 0 unspecified atom stereocenters. The Kier molecular flexibility index (Phi) is 5.53. The van der Waals surface area contributed by atoms with Crippen LogP contribution in [-0.2, 0) is 9.59 Å². The summed E-state index contributed by atoms with van der Waals surface area (Å²) in [5, 5.41) is 23.1. The molecule has 0 spiro atoms. The van der Waals surface area contributed by atoms with E-state index in [1.807, 2.05) is 6.92 Å². The number of carbonyl (C=O) groups is 2. The molecule has 9 nitrogen and oxygen atoms in total. The zero-order valence-corrected chi connectivity index (χ0v) is 16.8. The number of hydrogen-bond donors (Lipinski definition) is 2. The number of rotatable bonds is 6. The first kappa shape index (κ1) is 20.7. The van der Waals surface area contributed by atoms with Crippen molar-refractivity contribution >= 4 is 28.9 Å². The summed E-state index contributed by atoms with van der Waals surface area (Å²) >= 11 is 0. The lowest BCUT2D eigenvalue weighted by atomic mass is 9.94. The molecule has 31 heavy (non-hydrogen) atoms. The van der Waals surface area contributed by atoms with E-state index in [0.717, 1.165) is 4.90 Å². The molecule has 0 saturated carbocycles. The SMILES string of the molecule is CC[C@@H](O)[C@H]1CC=C2C(=O)N(c3ccccc3)C(=O)[C@H]2N1Nc1ccc([N+](=O)[O-])cc1. The number of para-hydroxylation sites is 1. The molecule has 2 aromatic carbocycles. The second kappa shape index (κ2) is 8.29. The monoisotopic (exact) mass is 422 g/mol. The average Bonchev–Trinajstić information content (AvgIpc) is 3.04. The van der Waals surface area contributed by atoms with Crippen molar-refractivity contribution in [1.29, 1.82) is 0 Å². The van der Waals surface area contributed by atoms with E-state index in [9.17, 15) is 24.8 Å². The van der Waals surface area contributed by atoms with Gasteiger partial charge in [0.1, 0.15) is 6.04 Å². The van der Waals surface area contributed by atoms with Crippen molar-refractivity contribution in [2.75, 3.05) is 10.3 Å². The van der Waals surface area contributed by atoms with Crippen LogP contribution in [-0.4, -0.2) is 45.0 Å². The van der Waals surface area contributed by atoms with Gasteiger partial charge in [0.2, 0.25) is 0 Å². The van der Waals surface area contributed by atoms with Crippen LogP contribution in [0.4, 0.5) is 17.1 Å². The number of hydrogen-bond acceptors (Lipinski definition) is 7. The molecule has 0 radical (unpaired) electrons. The molecule has 0 aliphatic carbocycles. The summed E-state index contributed by atoms with van der Waals surface area (Å²) in [6.45, 7) is 1.84. The Morgan fingerprint density at radius 3 is 2.45 bits per heavy atom. The third-order valence-electron chi connectivity index (χ3n) is 5.63. The first-order valence-electron chi connectivity index (χ1n) is 10.0. The Balaban J connectivity index is 1.70. The standard InChI is InChI=1S/C22H22N4O5/c1-2-19(27)18-13-12-17-20(22(29)24(21(17)28)15-6-4-3-5-7-15)25(18)23-14-8-10-16(11-9-14)26(30)31/h3-12,18-20,23,27H,2,13H2,1H3/t18-,19-,20+/m1/s1. The summed E-state index contributed by atoms with van der Waals surface area (Å²) in [5.41, 5.74) is 4.40. The molecule has 1 saturated heterocycles. The zero-order chi connectivity index (χ0) is 22.1. The van der Waals surface area contributed by atoms with Gasteiger partial charge in [-0.05, 0) is 37.1 Å². The fourth-order valence-corrected chi connectivity index (χ4v) is 4.01. The first-order valence-corrected chi connectivity index (χ1v) is 10.0. The molecule has 1 fully saturated rings. The van der Waals surface area contributed by atoms with Crippen LogP contribution in [0.25, 0.3) is 0 Å². The molecule has 2 aromatic rings. The lowest BCUT2D eigenvalue weighted by Crippen LogP contribution is -2.56. The van der Waals surface area contributed by atoms with Crippen LogP contribution in [0.15, 0.2) is 66.2 Å². The van der Waals surface area contributed by atoms with Gasteiger partial charge < -0.3 is 10.5 Å². The smallest absolute Gasteiger partial charge is 0.269 e. The van der Waals surface area contributed by atoms with Crippen molar-refractivity contribution in [1.82, 2.24) is 5.01 Å². The van der Waals surface area contributed by atoms with E-state index in [4.69, 9.17) is 0 Å². The topological polar surface area (TPSA) is 116 Å². The number of anilines is 2. The molecule has 9 heteroatoms. The van der Waals surface area contributed by atoms with Gasteiger partial charge >= 0.3 is 0 Å². The highest BCUT2D eigenvalue weighted by molar-refractivity contribution is 6.31. The molecule has 2 heterocycles. The molecule has 160 valence electrons. The summed E-state index contributed by atoms with van der Waals surface area (Å²) < 4.78 is 0. The number of carbonyl (C=O) groups excluding carboxylic acids is 2. The summed E-state index contributed by atoms with van der Waals surface area (Å²) in [6.07, 6.45) is 1.83. The van der Waals surface area contributed by atoms with E-state index in [0.29, 0.717) is 29.8 Å². The highest BCUT2D eigenvalue weighted by Gasteiger charge is 2.51. The Labute approximate surface area is 178 Å². The maximum atomic E-state index is 13.4. The van der Waals surface area contributed by atoms with Gasteiger partial charge in [-0.15, -0.1) is 0 Å². The minimum absolute atomic E-state index is 0.0581. The third kappa shape index (κ3) is 3.69. The number of aliphatic hydroxyl groups excluding tert-OH is 1. The van der Waals surface area contributed by atoms with E-state index in [2.05, 4.69) is 5.43 Å². The van der Waals surface area contributed by atoms with Crippen LogP contribution in [0.2, 0.25) is 0 Å². The summed E-state index contributed by atoms with van der Waals surface area (Å²) in [4.78, 5) is 38.0. The molecular weight excluding hydrogens is 400 g/mol. The minimum atomic E-state index is -0.914. The quantitative estimate of drug-likeness (QED) is 0.418. The Morgan fingerprint density at radius 1 is 1.16 bits per heavy atom. The highest BCUT2D eigenvalue weighted by atomic mass is 16.6. The van der Waals surface area contributed by atoms with E-state index >= 15 is 0 Å². The van der Waals surface area contributed by atoms with Crippen molar-refractivity contribution in [2.45, 2.75) is 38.0 Å². The molecule has 2 aliphatic heterocycles. The van der Waals surface area contributed by atoms with E-state index in [-0.39, 0.29) is 11.6 Å². The van der Waals surface area contributed by atoms with E-state index in [1.165, 1.54) is 24.3 Å². The number of hydrazine groups is 1. The summed E-state index contributed by atoms with van der Waals surface area (Å²) in [5.74, 6) is -0.800. The van der Waals surface area contributed by atoms with Crippen LogP contribution >= 0.6 is 0 Å². The van der Waals surface area contributed by atoms with Gasteiger partial charge in [-0.3, -0.25) is 19.7 Å². The first-order chi connectivity index (χ1) is 14.9. The fourth-order valence-electron chi connectivity index (χ4n) is 4.01. The van der Waals surface area contributed by atoms with Crippen LogP contribution in [0.3, 0.4) is 0 Å². The summed E-state index contributed by atoms with van der Waals surface area (Å²) in [7, 11) is 0. The number of nitro benzene ring substituents is 1. The molecule has 2 amide bonds. The molecule has 0 aromatic heterocycles. The molecule has 4 rings (SSSR count). The maximum Gasteiger partial charge on any atom is 0.269 e. The van der Waals surface area contributed by atoms with Crippen molar-refractivity contribution in [2.24, 2.45) is 0 Å². The Bertz CT molecular complexity index is 1040. The number of aliphatic hydroxyl groups is 1. The van der Waals surface area contributed by atoms with Gasteiger partial charge in [0.15, 0.2) is 0 Å². The van der Waals surface area contributed by atoms with Crippen LogP contribution in [0.1, 0.15) is 19.8 Å². The predicted octanol–water partition coefficient (Wildman–Crippen LogP) is 2.64. The Hall–Kier alpha value is -3.56. The van der Waals surface area contributed by atoms with Crippen molar-refractivity contribution in [3.63, 3.8) is 0 Å². The minimum Gasteiger partial charge on any atom is -0.391 e. The number of imide groups is 1. The van der Waals surface area contributed by atoms with Crippen LogP contribution < -0.4 is 10.3 Å². The maximum absolute atomic E-state index is 13.4. The molecular formula is C22H22N4O5. The number of non-ortho nitro benzene ring substituents is 1. The normalized spacial score (nSPS) is 22.1. The molecule has 0 bridgehead atoms. The van der Waals surface area contributed by atoms with Crippen molar-refractivity contribution in [3.8, 4) is 0 Å². The molecule has 2 N–H and O–H groups in total. The van der Waals surface area contributed by atoms with Crippen LogP contribution in [0, 0.1) is 10.1 Å². The largest absolute Gasteiger partial charge is 0.391 e. The second-order valence-corrected chi connectivity index (χ2v) is 7.48. The van der Waals surface area contributed by atoms with Gasteiger partial charge in [0.25, 0.3) is 17.5 Å². The number of fused-ring (bicyclic) bond motifs is 1. The van der Waals surface area contributed by atoms with Crippen molar-refractivity contribution in [3.05, 3.63) is 76.4 Å². The number of nitro groups is 1. The highest BCUT2D eigenvalue weighted by Crippen LogP contribution is 2.36. The lowest BCUT2D eigenvalue weighted by molar-refractivity contribution is -0.384. The fraction of sp³-hybridized carbons (Fsp3) is 0.273. The number of benzene rings is 2. The van der Waals surface area contributed by atoms with Gasteiger partial charge in [-0.25, -0.2) is 9.91 Å². The summed E-state index contributed by atoms with van der Waals surface area (Å²) in [6, 6.07) is 13.1. The van der Waals surface area contributed by atoms with Gasteiger partial charge in [0, 0.05) is 23.4 Å². The van der Waals surface area contributed by atoms with Crippen molar-refractivity contribution < 1.29 is 19.6 Å². The second-order valence-electron chi connectivity index (χ2n) is 7.48. The van der Waals surface area contributed by atoms with E-state index in [1.54, 1.807) is 41.4 Å². The lowest BCUT2D eigenvalue weighted by Gasteiger charge is -2.40. The number of nitrogens with zero attached hydrogens (tertiary/aromatic N) is 3. The van der Waals surface area contributed by atoms with E-state index < -0.39 is 29.0 Å².